The van der Waals surface area contributed by atoms with Crippen LogP contribution in [0.3, 0.4) is 0 Å². The van der Waals surface area contributed by atoms with Gasteiger partial charge in [0.2, 0.25) is 5.88 Å². The number of benzene rings is 1. The topological polar surface area (TPSA) is 156 Å². The van der Waals surface area contributed by atoms with Gasteiger partial charge in [-0.25, -0.2) is 14.5 Å². The van der Waals surface area contributed by atoms with Gasteiger partial charge in [-0.2, -0.15) is 13.5 Å². The maximum Gasteiger partial charge on any atom is 0.483 e. The van der Waals surface area contributed by atoms with Gasteiger partial charge in [-0.05, 0) is 72.8 Å². The molecule has 11 nitrogen and oxygen atoms in total. The van der Waals surface area contributed by atoms with Crippen molar-refractivity contribution in [3.63, 3.8) is 0 Å². The molecule has 0 aliphatic heterocycles. The first-order chi connectivity index (χ1) is 18.2. The van der Waals surface area contributed by atoms with Crippen molar-refractivity contribution < 1.29 is 28.0 Å². The van der Waals surface area contributed by atoms with Gasteiger partial charge in [0, 0.05) is 24.0 Å². The molecule has 198 valence electrons. The van der Waals surface area contributed by atoms with Crippen LogP contribution in [0.15, 0.2) is 59.3 Å². The van der Waals surface area contributed by atoms with E-state index in [9.17, 15) is 23.3 Å². The van der Waals surface area contributed by atoms with E-state index in [1.807, 2.05) is 12.1 Å². The van der Waals surface area contributed by atoms with Gasteiger partial charge in [-0.15, -0.1) is 0 Å². The Balaban J connectivity index is 1.35. The molecule has 1 aromatic carbocycles. The molecule has 0 radical (unpaired) electrons. The molecule has 13 heteroatoms. The summed E-state index contributed by atoms with van der Waals surface area (Å²) in [5, 5.41) is 25.3. The third kappa shape index (κ3) is 5.30. The second-order valence-electron chi connectivity index (χ2n) is 9.34. The Morgan fingerprint density at radius 3 is 2.76 bits per heavy atom. The molecule has 2 amide bonds. The maximum absolute atomic E-state index is 13.0. The Morgan fingerprint density at radius 1 is 1.18 bits per heavy atom. The van der Waals surface area contributed by atoms with Crippen LogP contribution >= 0.6 is 0 Å². The van der Waals surface area contributed by atoms with Crippen molar-refractivity contribution in [2.24, 2.45) is 0 Å². The van der Waals surface area contributed by atoms with E-state index in [0.29, 0.717) is 36.3 Å². The fourth-order valence-electron chi connectivity index (χ4n) is 5.03. The van der Waals surface area contributed by atoms with Gasteiger partial charge in [0.05, 0.1) is 18.8 Å². The second-order valence-corrected chi connectivity index (χ2v) is 11.0. The van der Waals surface area contributed by atoms with E-state index in [2.05, 4.69) is 20.1 Å². The molecule has 0 spiro atoms. The molecule has 5 rings (SSSR count). The van der Waals surface area contributed by atoms with Crippen molar-refractivity contribution in [3.8, 4) is 17.0 Å². The Bertz CT molecular complexity index is 1500. The SMILES string of the molecule is COc1cc(-c2ccc3c(c2NC(=O)NS(=O)(=O)c2ccn(C4CC=C(B(O)O)CC4)n2)CCC3)ccn1. The Kier molecular flexibility index (Phi) is 7.24. The lowest BCUT2D eigenvalue weighted by atomic mass is 9.73. The molecule has 1 unspecified atom stereocenters. The van der Waals surface area contributed by atoms with Crippen LogP contribution in [0.1, 0.15) is 42.9 Å². The van der Waals surface area contributed by atoms with Gasteiger partial charge in [-0.1, -0.05) is 18.2 Å². The third-order valence-electron chi connectivity index (χ3n) is 6.99. The highest BCUT2D eigenvalue weighted by Gasteiger charge is 2.27. The standard InChI is InChI=1S/C25H28BN5O6S/c1-37-22-15-17(11-13-27-22)21-10-5-16-3-2-4-20(16)24(21)28-25(32)30-38(35,36)23-12-14-31(29-23)19-8-6-18(7-9-19)26(33)34/h5-6,10-15,19,33-34H,2-4,7-9H2,1H3,(H2,28,30,32). The molecule has 0 saturated carbocycles. The number of aromatic nitrogens is 3. The largest absolute Gasteiger partial charge is 0.483 e. The molecule has 2 aliphatic rings. The summed E-state index contributed by atoms with van der Waals surface area (Å²) in [5.41, 5.74) is 4.71. The predicted molar refractivity (Wildman–Crippen MR) is 141 cm³/mol. The number of ether oxygens (including phenoxy) is 1. The first-order valence-corrected chi connectivity index (χ1v) is 13.8. The number of nitrogens with one attached hydrogen (secondary N) is 2. The lowest BCUT2D eigenvalue weighted by Gasteiger charge is -2.22. The summed E-state index contributed by atoms with van der Waals surface area (Å²) in [6.07, 6.45) is 9.03. The molecule has 0 bridgehead atoms. The molecular weight excluding hydrogens is 509 g/mol. The number of rotatable bonds is 7. The third-order valence-corrected chi connectivity index (χ3v) is 8.21. The number of anilines is 1. The zero-order valence-corrected chi connectivity index (χ0v) is 21.6. The molecule has 38 heavy (non-hydrogen) atoms. The number of carbonyl (C=O) groups excluding carboxylic acids is 1. The fraction of sp³-hybridized carbons (Fsp3) is 0.320. The zero-order valence-electron chi connectivity index (χ0n) is 20.8. The number of aryl methyl sites for hydroxylation is 1. The molecule has 2 aliphatic carbocycles. The molecular formula is C25H28BN5O6S. The number of urea groups is 1. The normalized spacial score (nSPS) is 16.9. The minimum absolute atomic E-state index is 0.123. The van der Waals surface area contributed by atoms with E-state index < -0.39 is 23.2 Å². The molecule has 1 atom stereocenters. The fourth-order valence-corrected chi connectivity index (χ4v) is 5.88. The van der Waals surface area contributed by atoms with Gasteiger partial charge in [0.15, 0.2) is 5.03 Å². The lowest BCUT2D eigenvalue weighted by Crippen LogP contribution is -2.35. The minimum Gasteiger partial charge on any atom is -0.481 e. The highest BCUT2D eigenvalue weighted by atomic mass is 32.2. The van der Waals surface area contributed by atoms with Crippen LogP contribution in [0.2, 0.25) is 0 Å². The summed E-state index contributed by atoms with van der Waals surface area (Å²) < 4.78 is 34.8. The van der Waals surface area contributed by atoms with Gasteiger partial charge >= 0.3 is 13.1 Å². The van der Waals surface area contributed by atoms with E-state index in [-0.39, 0.29) is 11.1 Å². The van der Waals surface area contributed by atoms with Gasteiger partial charge in [0.25, 0.3) is 10.0 Å². The Hall–Kier alpha value is -3.68. The van der Waals surface area contributed by atoms with Crippen LogP contribution in [-0.4, -0.2) is 53.5 Å². The van der Waals surface area contributed by atoms with Crippen LogP contribution in [-0.2, 0) is 22.9 Å². The van der Waals surface area contributed by atoms with E-state index >= 15 is 0 Å². The summed E-state index contributed by atoms with van der Waals surface area (Å²) in [4.78, 5) is 17.1. The number of sulfonamides is 1. The van der Waals surface area contributed by atoms with Crippen LogP contribution in [0.5, 0.6) is 5.88 Å². The molecule has 3 aromatic rings. The smallest absolute Gasteiger partial charge is 0.481 e. The summed E-state index contributed by atoms with van der Waals surface area (Å²) in [7, 11) is -4.21. The first kappa shape index (κ1) is 26.0. The number of carbonyl (C=O) groups is 1. The highest BCUT2D eigenvalue weighted by Crippen LogP contribution is 2.38. The van der Waals surface area contributed by atoms with Gasteiger partial charge < -0.3 is 20.1 Å². The zero-order chi connectivity index (χ0) is 26.9. The number of allylic oxidation sites excluding steroid dienone is 2. The molecule has 4 N–H and O–H groups in total. The van der Waals surface area contributed by atoms with Crippen molar-refractivity contribution in [1.82, 2.24) is 19.5 Å². The number of methoxy groups -OCH3 is 1. The van der Waals surface area contributed by atoms with Crippen LogP contribution < -0.4 is 14.8 Å². The predicted octanol–water partition coefficient (Wildman–Crippen LogP) is 2.62. The number of nitrogens with zero attached hydrogens (tertiary/aromatic N) is 3. The number of amides is 2. The minimum atomic E-state index is -4.24. The molecule has 2 heterocycles. The average molecular weight is 537 g/mol. The number of fused-ring (bicyclic) bond motifs is 1. The monoisotopic (exact) mass is 537 g/mol. The van der Waals surface area contributed by atoms with Crippen molar-refractivity contribution in [2.75, 3.05) is 12.4 Å². The second kappa shape index (κ2) is 10.6. The van der Waals surface area contributed by atoms with Gasteiger partial charge in [-0.3, -0.25) is 4.68 Å². The number of hydrogen-bond acceptors (Lipinski definition) is 8. The first-order valence-electron chi connectivity index (χ1n) is 12.3. The van der Waals surface area contributed by atoms with Crippen LogP contribution in [0, 0.1) is 0 Å². The van der Waals surface area contributed by atoms with Crippen molar-refractivity contribution in [3.05, 3.63) is 65.4 Å². The maximum atomic E-state index is 13.0. The lowest BCUT2D eigenvalue weighted by molar-refractivity contribution is 0.256. The number of hydrogen-bond donors (Lipinski definition) is 4. The number of pyridine rings is 1. The average Bonchev–Trinajstić information content (AvgIpc) is 3.59. The molecule has 2 aromatic heterocycles. The Morgan fingerprint density at radius 2 is 2.03 bits per heavy atom. The Labute approximate surface area is 220 Å². The van der Waals surface area contributed by atoms with Crippen molar-refractivity contribution >= 4 is 28.9 Å². The van der Waals surface area contributed by atoms with Gasteiger partial charge in [0.1, 0.15) is 0 Å². The summed E-state index contributed by atoms with van der Waals surface area (Å²) in [6.45, 7) is 0. The molecule has 0 saturated heterocycles. The molecule has 0 fully saturated rings. The van der Waals surface area contributed by atoms with E-state index in [1.165, 1.54) is 17.9 Å². The van der Waals surface area contributed by atoms with Crippen LogP contribution in [0.25, 0.3) is 11.1 Å². The van der Waals surface area contributed by atoms with Crippen LogP contribution in [0.4, 0.5) is 10.5 Å². The quantitative estimate of drug-likeness (QED) is 0.335. The highest BCUT2D eigenvalue weighted by molar-refractivity contribution is 7.90. The van der Waals surface area contributed by atoms with Crippen molar-refractivity contribution in [2.45, 2.75) is 49.6 Å². The van der Waals surface area contributed by atoms with E-state index in [1.54, 1.807) is 30.6 Å². The van der Waals surface area contributed by atoms with E-state index in [0.717, 1.165) is 41.5 Å². The van der Waals surface area contributed by atoms with Crippen molar-refractivity contribution in [1.29, 1.82) is 0 Å². The van der Waals surface area contributed by atoms with E-state index in [4.69, 9.17) is 4.74 Å². The summed E-state index contributed by atoms with van der Waals surface area (Å²) in [5.74, 6) is 0.425. The summed E-state index contributed by atoms with van der Waals surface area (Å²) >= 11 is 0. The summed E-state index contributed by atoms with van der Waals surface area (Å²) in [6, 6.07) is 7.83.